The lowest BCUT2D eigenvalue weighted by atomic mass is 10.3. The minimum atomic E-state index is 0. The summed E-state index contributed by atoms with van der Waals surface area (Å²) in [6.07, 6.45) is 0. The largest absolute Gasteiger partial charge is 0.415 e. The molecule has 6 N–H and O–H groups in total. The minimum absolute atomic E-state index is 0. The Labute approximate surface area is 208 Å². The van der Waals surface area contributed by atoms with Crippen LogP contribution in [0, 0.1) is 0 Å². The van der Waals surface area contributed by atoms with Gasteiger partial charge in [-0.05, 0) is 73.0 Å². The van der Waals surface area contributed by atoms with Gasteiger partial charge in [0.05, 0.1) is 25.1 Å². The number of hydrogen-bond donors (Lipinski definition) is 5. The number of isothiocyanates is 1. The second kappa shape index (κ2) is 22.6. The lowest BCUT2D eigenvalue weighted by Gasteiger charge is -2.09. The first-order valence-electron chi connectivity index (χ1n) is 8.80. The molecule has 0 aromatic heterocycles. The maximum absolute atomic E-state index is 5.13. The fraction of sp³-hybridized carbons (Fsp3) is 0.263. The summed E-state index contributed by atoms with van der Waals surface area (Å²) < 4.78 is 0. The minimum Gasteiger partial charge on any atom is -0.415 e. The number of aliphatic imine (C=N–C) groups is 1. The first-order chi connectivity index (χ1) is 15.6. The molecular weight excluding hydrogens is 462 g/mol. The Morgan fingerprint density at radius 1 is 0.909 bits per heavy atom. The van der Waals surface area contributed by atoms with Crippen LogP contribution in [-0.4, -0.2) is 53.9 Å². The van der Waals surface area contributed by atoms with Crippen LogP contribution in [0.25, 0.3) is 0 Å². The van der Waals surface area contributed by atoms with E-state index in [0.29, 0.717) is 11.8 Å². The molecule has 10 nitrogen and oxygen atoms in total. The Hall–Kier alpha value is -2.54. The zero-order valence-corrected chi connectivity index (χ0v) is 19.3. The number of nitrogens with two attached hydrogens (primary N) is 1. The Morgan fingerprint density at radius 3 is 1.73 bits per heavy atom. The van der Waals surface area contributed by atoms with Crippen molar-refractivity contribution in [2.75, 3.05) is 43.6 Å². The molecule has 0 aliphatic rings. The molecule has 33 heavy (non-hydrogen) atoms. The van der Waals surface area contributed by atoms with Gasteiger partial charge in [-0.2, -0.15) is 4.99 Å². The standard InChI is InChI=1S/C9H12BN3O2S.C9H10N2O2S.CH4.BH2N/c1-14-15-6-11-7-2-4-8(5-3-7)12-9(16)13-10;1-12-13-6-10-8-2-4-9(5-3-8)11-7-14;;1-2/h2-5,11H,6H2,1H3,(H2,12,13,16);2-5,10H,6H2,1H3;1H4;2H2. The zero-order valence-electron chi connectivity index (χ0n) is 17.7. The molecule has 2 aromatic carbocycles. The van der Waals surface area contributed by atoms with Crippen LogP contribution >= 0.6 is 24.4 Å². The molecule has 0 fully saturated rings. The molecule has 2 rings (SSSR count). The van der Waals surface area contributed by atoms with Crippen molar-refractivity contribution in [1.82, 2.24) is 5.23 Å². The summed E-state index contributed by atoms with van der Waals surface area (Å²) >= 11 is 9.34. The maximum atomic E-state index is 5.13. The van der Waals surface area contributed by atoms with E-state index in [9.17, 15) is 0 Å². The van der Waals surface area contributed by atoms with Crippen molar-refractivity contribution < 1.29 is 19.6 Å². The number of benzene rings is 2. The number of nitrogens with one attached hydrogen (secondary N) is 4. The number of thiocarbonyl (C=S) groups is 2. The molecule has 0 aliphatic carbocycles. The molecule has 0 bridgehead atoms. The lowest BCUT2D eigenvalue weighted by molar-refractivity contribution is -0.266. The highest BCUT2D eigenvalue weighted by atomic mass is 32.1. The summed E-state index contributed by atoms with van der Waals surface area (Å²) in [5, 5.41) is 13.9. The normalized spacial score (nSPS) is 8.70. The number of hydrogen-bond acceptors (Lipinski definition) is 10. The molecule has 176 valence electrons. The van der Waals surface area contributed by atoms with Gasteiger partial charge in [0.1, 0.15) is 0 Å². The van der Waals surface area contributed by atoms with E-state index in [0.717, 1.165) is 22.7 Å². The van der Waals surface area contributed by atoms with Crippen molar-refractivity contribution in [3.05, 3.63) is 48.5 Å². The molecule has 0 atom stereocenters. The Morgan fingerprint density at radius 2 is 1.33 bits per heavy atom. The van der Waals surface area contributed by atoms with Crippen LogP contribution in [-0.2, 0) is 19.6 Å². The third kappa shape index (κ3) is 16.7. The third-order valence-electron chi connectivity index (χ3n) is 3.22. The monoisotopic (exact) mass is 490 g/mol. The summed E-state index contributed by atoms with van der Waals surface area (Å²) in [5.41, 5.74) is 7.46. The van der Waals surface area contributed by atoms with Gasteiger partial charge in [-0.3, -0.25) is 0 Å². The highest BCUT2D eigenvalue weighted by Gasteiger charge is 1.96. The van der Waals surface area contributed by atoms with Crippen molar-refractivity contribution in [3.8, 4) is 0 Å². The third-order valence-corrected chi connectivity index (χ3v) is 3.53. The smallest absolute Gasteiger partial charge is 0.225 e. The molecule has 14 heteroatoms. The van der Waals surface area contributed by atoms with Gasteiger partial charge >= 0.3 is 0 Å². The Bertz CT molecular complexity index is 798. The molecule has 0 saturated heterocycles. The van der Waals surface area contributed by atoms with E-state index in [1.807, 2.05) is 48.5 Å². The second-order valence-electron chi connectivity index (χ2n) is 5.14. The molecule has 0 amide bonds. The molecular formula is C19H28B2N6O4S2. The van der Waals surface area contributed by atoms with Crippen LogP contribution in [0.1, 0.15) is 7.43 Å². The van der Waals surface area contributed by atoms with Gasteiger partial charge in [0.2, 0.25) is 7.98 Å². The van der Waals surface area contributed by atoms with E-state index >= 15 is 0 Å². The van der Waals surface area contributed by atoms with Gasteiger partial charge in [-0.15, -0.1) is 0 Å². The molecule has 0 aliphatic heterocycles. The van der Waals surface area contributed by atoms with Crippen molar-refractivity contribution >= 4 is 73.4 Å². The van der Waals surface area contributed by atoms with Crippen molar-refractivity contribution in [3.63, 3.8) is 0 Å². The van der Waals surface area contributed by atoms with Gasteiger partial charge in [-0.25, -0.2) is 19.6 Å². The highest BCUT2D eigenvalue weighted by molar-refractivity contribution is 7.80. The van der Waals surface area contributed by atoms with Crippen molar-refractivity contribution in [2.24, 2.45) is 10.6 Å². The highest BCUT2D eigenvalue weighted by Crippen LogP contribution is 2.15. The summed E-state index contributed by atoms with van der Waals surface area (Å²) in [4.78, 5) is 22.0. The van der Waals surface area contributed by atoms with Gasteiger partial charge < -0.3 is 26.8 Å². The van der Waals surface area contributed by atoms with Crippen LogP contribution in [0.2, 0.25) is 0 Å². The molecule has 0 heterocycles. The van der Waals surface area contributed by atoms with Crippen LogP contribution < -0.4 is 26.8 Å². The topological polar surface area (TPSA) is 123 Å². The maximum Gasteiger partial charge on any atom is 0.225 e. The van der Waals surface area contributed by atoms with Crippen molar-refractivity contribution in [1.29, 1.82) is 0 Å². The number of nitrogens with zero attached hydrogens (tertiary/aromatic N) is 1. The van der Waals surface area contributed by atoms with Crippen LogP contribution in [0.15, 0.2) is 53.5 Å². The van der Waals surface area contributed by atoms with Gasteiger partial charge in [-0.1, -0.05) is 7.43 Å². The summed E-state index contributed by atoms with van der Waals surface area (Å²) in [5.74, 6) is 0. The molecule has 0 unspecified atom stereocenters. The average molecular weight is 490 g/mol. The van der Waals surface area contributed by atoms with Gasteiger partial charge in [0.15, 0.2) is 26.6 Å². The van der Waals surface area contributed by atoms with Gasteiger partial charge in [0, 0.05) is 17.1 Å². The predicted molar refractivity (Wildman–Crippen MR) is 143 cm³/mol. The lowest BCUT2D eigenvalue weighted by Crippen LogP contribution is -2.25. The van der Waals surface area contributed by atoms with Crippen molar-refractivity contribution in [2.45, 2.75) is 7.43 Å². The van der Waals surface area contributed by atoms with Gasteiger partial charge in [0.25, 0.3) is 0 Å². The van der Waals surface area contributed by atoms with E-state index in [4.69, 9.17) is 20.2 Å². The predicted octanol–water partition coefficient (Wildman–Crippen LogP) is 3.04. The Kier molecular flexibility index (Phi) is 22.4. The summed E-state index contributed by atoms with van der Waals surface area (Å²) in [6, 6.07) is 14.9. The number of anilines is 3. The summed E-state index contributed by atoms with van der Waals surface area (Å²) in [6.45, 7) is 0.582. The quantitative estimate of drug-likeness (QED) is 0.0643. The van der Waals surface area contributed by atoms with E-state index < -0.39 is 0 Å². The molecule has 2 aromatic rings. The molecule has 0 spiro atoms. The van der Waals surface area contributed by atoms with E-state index in [1.54, 1.807) is 0 Å². The van der Waals surface area contributed by atoms with Crippen LogP contribution in [0.5, 0.6) is 0 Å². The number of rotatable bonds is 10. The molecule has 0 saturated carbocycles. The fourth-order valence-electron chi connectivity index (χ4n) is 1.89. The van der Waals surface area contributed by atoms with E-state index in [-0.39, 0.29) is 14.2 Å². The zero-order chi connectivity index (χ0) is 24.0. The fourth-order valence-corrected chi connectivity index (χ4v) is 2.11. The Balaban J connectivity index is 0. The van der Waals surface area contributed by atoms with E-state index in [2.05, 4.69) is 76.7 Å². The second-order valence-corrected chi connectivity index (χ2v) is 5.73. The van der Waals surface area contributed by atoms with Crippen LogP contribution in [0.4, 0.5) is 22.7 Å². The van der Waals surface area contributed by atoms with Crippen LogP contribution in [0.3, 0.4) is 0 Å². The SMILES string of the molecule is C.COOCNc1ccc(N=C=S)cc1.[B]N.[B]NC(=S)Nc1ccc(NCOOC)cc1. The first kappa shape index (κ1) is 32.6. The average Bonchev–Trinajstić information content (AvgIpc) is 2.83. The summed E-state index contributed by atoms with van der Waals surface area (Å²) in [7, 11) is 12.0. The first-order valence-corrected chi connectivity index (χ1v) is 9.62. The van der Waals surface area contributed by atoms with E-state index in [1.165, 1.54) is 14.2 Å². The molecule has 4 radical (unpaired) electrons.